The van der Waals surface area contributed by atoms with Gasteiger partial charge in [0.1, 0.15) is 0 Å². The molecule has 1 saturated heterocycles. The van der Waals surface area contributed by atoms with Gasteiger partial charge in [-0.25, -0.2) is 4.99 Å². The lowest BCUT2D eigenvalue weighted by molar-refractivity contribution is -0.115. The summed E-state index contributed by atoms with van der Waals surface area (Å²) in [5.41, 5.74) is 1.56. The molecule has 2 aromatic rings. The van der Waals surface area contributed by atoms with E-state index in [0.717, 1.165) is 11.3 Å². The van der Waals surface area contributed by atoms with Gasteiger partial charge in [0, 0.05) is 5.02 Å². The number of amides is 1. The van der Waals surface area contributed by atoms with Crippen LogP contribution >= 0.6 is 23.4 Å². The predicted octanol–water partition coefficient (Wildman–Crippen LogP) is 4.25. The molecule has 0 radical (unpaired) electrons. The van der Waals surface area contributed by atoms with E-state index in [2.05, 4.69) is 10.3 Å². The van der Waals surface area contributed by atoms with Gasteiger partial charge in [0.25, 0.3) is 5.91 Å². The van der Waals surface area contributed by atoms with Crippen LogP contribution < -0.4 is 14.8 Å². The summed E-state index contributed by atoms with van der Waals surface area (Å²) in [6.07, 6.45) is 1.78. The highest BCUT2D eigenvalue weighted by Crippen LogP contribution is 2.32. The minimum absolute atomic E-state index is 0.188. The van der Waals surface area contributed by atoms with Crippen molar-refractivity contribution in [2.45, 2.75) is 0 Å². The number of halogens is 1. The molecule has 5 nitrogen and oxygen atoms in total. The smallest absolute Gasteiger partial charge is 0.264 e. The topological polar surface area (TPSA) is 59.9 Å². The minimum Gasteiger partial charge on any atom is -0.493 e. The molecule has 0 unspecified atom stereocenters. The maximum absolute atomic E-state index is 12.2. The number of nitrogens with zero attached hydrogens (tertiary/aromatic N) is 1. The third kappa shape index (κ3) is 4.15. The summed E-state index contributed by atoms with van der Waals surface area (Å²) in [4.78, 5) is 17.1. The lowest BCUT2D eigenvalue weighted by Crippen LogP contribution is -2.19. The first-order chi connectivity index (χ1) is 12.1. The van der Waals surface area contributed by atoms with E-state index in [-0.39, 0.29) is 5.91 Å². The van der Waals surface area contributed by atoms with Crippen molar-refractivity contribution in [2.75, 3.05) is 14.2 Å². The van der Waals surface area contributed by atoms with Crippen LogP contribution in [0.2, 0.25) is 5.02 Å². The molecule has 0 bridgehead atoms. The monoisotopic (exact) mass is 374 g/mol. The number of rotatable bonds is 4. The van der Waals surface area contributed by atoms with Gasteiger partial charge in [-0.05, 0) is 59.8 Å². The van der Waals surface area contributed by atoms with Crippen molar-refractivity contribution in [2.24, 2.45) is 4.99 Å². The Labute approximate surface area is 154 Å². The Morgan fingerprint density at radius 2 is 1.80 bits per heavy atom. The maximum Gasteiger partial charge on any atom is 0.264 e. The van der Waals surface area contributed by atoms with Crippen LogP contribution in [0.1, 0.15) is 5.56 Å². The molecule has 0 aliphatic carbocycles. The van der Waals surface area contributed by atoms with E-state index < -0.39 is 0 Å². The fourth-order valence-corrected chi connectivity index (χ4v) is 3.18. The molecule has 1 fully saturated rings. The number of hydrogen-bond acceptors (Lipinski definition) is 5. The zero-order valence-corrected chi connectivity index (χ0v) is 15.1. The molecule has 128 valence electrons. The molecule has 0 aromatic heterocycles. The first kappa shape index (κ1) is 17.4. The molecule has 1 aliphatic heterocycles. The number of benzene rings is 2. The predicted molar refractivity (Wildman–Crippen MR) is 102 cm³/mol. The zero-order chi connectivity index (χ0) is 17.8. The van der Waals surface area contributed by atoms with E-state index in [4.69, 9.17) is 21.1 Å². The van der Waals surface area contributed by atoms with Crippen molar-refractivity contribution in [1.29, 1.82) is 0 Å². The SMILES string of the molecule is COc1ccc(/C=C2\SC(=Nc3ccc(Cl)cc3)NC2=O)cc1OC. The molecule has 0 atom stereocenters. The number of nitrogens with one attached hydrogen (secondary N) is 1. The lowest BCUT2D eigenvalue weighted by atomic mass is 10.2. The summed E-state index contributed by atoms with van der Waals surface area (Å²) < 4.78 is 10.5. The van der Waals surface area contributed by atoms with Gasteiger partial charge < -0.3 is 14.8 Å². The van der Waals surface area contributed by atoms with E-state index in [0.29, 0.717) is 26.6 Å². The number of methoxy groups -OCH3 is 2. The normalized spacial score (nSPS) is 17.0. The van der Waals surface area contributed by atoms with Gasteiger partial charge in [0.15, 0.2) is 16.7 Å². The molecule has 2 aromatic carbocycles. The Kier molecular flexibility index (Phi) is 5.31. The van der Waals surface area contributed by atoms with Crippen molar-refractivity contribution in [3.8, 4) is 11.5 Å². The molecule has 0 spiro atoms. The quantitative estimate of drug-likeness (QED) is 0.813. The van der Waals surface area contributed by atoms with Crippen LogP contribution in [0.4, 0.5) is 5.69 Å². The highest BCUT2D eigenvalue weighted by Gasteiger charge is 2.23. The van der Waals surface area contributed by atoms with E-state index in [1.807, 2.05) is 12.1 Å². The molecule has 1 amide bonds. The van der Waals surface area contributed by atoms with E-state index in [1.165, 1.54) is 11.8 Å². The van der Waals surface area contributed by atoms with Crippen LogP contribution in [0.25, 0.3) is 6.08 Å². The second kappa shape index (κ2) is 7.63. The van der Waals surface area contributed by atoms with Crippen LogP contribution in [0.3, 0.4) is 0 Å². The summed E-state index contributed by atoms with van der Waals surface area (Å²) in [7, 11) is 3.15. The van der Waals surface area contributed by atoms with Crippen LogP contribution in [0.15, 0.2) is 52.4 Å². The second-order valence-corrected chi connectivity index (χ2v) is 6.54. The highest BCUT2D eigenvalue weighted by molar-refractivity contribution is 8.18. The van der Waals surface area contributed by atoms with Crippen LogP contribution in [-0.2, 0) is 4.79 Å². The molecule has 25 heavy (non-hydrogen) atoms. The Hall–Kier alpha value is -2.44. The van der Waals surface area contributed by atoms with Crippen LogP contribution in [-0.4, -0.2) is 25.3 Å². The summed E-state index contributed by atoms with van der Waals surface area (Å²) in [5.74, 6) is 1.06. The molecule has 1 N–H and O–H groups in total. The standard InChI is InChI=1S/C18H15ClN2O3S/c1-23-14-8-3-11(9-15(14)24-2)10-16-17(22)21-18(25-16)20-13-6-4-12(19)5-7-13/h3-10H,1-2H3,(H,20,21,22)/b16-10-. The van der Waals surface area contributed by atoms with Crippen molar-refractivity contribution < 1.29 is 14.3 Å². The van der Waals surface area contributed by atoms with Crippen molar-refractivity contribution in [1.82, 2.24) is 5.32 Å². The van der Waals surface area contributed by atoms with Crippen molar-refractivity contribution in [3.05, 3.63) is 58.0 Å². The molecule has 1 aliphatic rings. The van der Waals surface area contributed by atoms with Crippen molar-refractivity contribution in [3.63, 3.8) is 0 Å². The molecule has 3 rings (SSSR count). The first-order valence-electron chi connectivity index (χ1n) is 7.36. The number of ether oxygens (including phenoxy) is 2. The average molecular weight is 375 g/mol. The van der Waals surface area contributed by atoms with Crippen LogP contribution in [0.5, 0.6) is 11.5 Å². The Bertz CT molecular complexity index is 863. The number of carbonyl (C=O) groups excluding carboxylic acids is 1. The number of thioether (sulfide) groups is 1. The fraction of sp³-hybridized carbons (Fsp3) is 0.111. The molecule has 0 saturated carbocycles. The first-order valence-corrected chi connectivity index (χ1v) is 8.55. The summed E-state index contributed by atoms with van der Waals surface area (Å²) in [6, 6.07) is 12.6. The van der Waals surface area contributed by atoms with Gasteiger partial charge in [0.2, 0.25) is 0 Å². The summed E-state index contributed by atoms with van der Waals surface area (Å²) in [5, 5.41) is 3.92. The van der Waals surface area contributed by atoms with Gasteiger partial charge in [-0.2, -0.15) is 0 Å². The Morgan fingerprint density at radius 3 is 2.48 bits per heavy atom. The molecular formula is C18H15ClN2O3S. The fourth-order valence-electron chi connectivity index (χ4n) is 2.21. The average Bonchev–Trinajstić information content (AvgIpc) is 2.96. The Balaban J connectivity index is 1.83. The van der Waals surface area contributed by atoms with Gasteiger partial charge in [-0.3, -0.25) is 4.79 Å². The van der Waals surface area contributed by atoms with Gasteiger partial charge in [-0.15, -0.1) is 0 Å². The lowest BCUT2D eigenvalue weighted by Gasteiger charge is -2.07. The van der Waals surface area contributed by atoms with Gasteiger partial charge in [-0.1, -0.05) is 17.7 Å². The summed E-state index contributed by atoms with van der Waals surface area (Å²) in [6.45, 7) is 0. The largest absolute Gasteiger partial charge is 0.493 e. The van der Waals surface area contributed by atoms with Crippen LogP contribution in [0, 0.1) is 0 Å². The molecular weight excluding hydrogens is 360 g/mol. The van der Waals surface area contributed by atoms with E-state index in [9.17, 15) is 4.79 Å². The zero-order valence-electron chi connectivity index (χ0n) is 13.6. The van der Waals surface area contributed by atoms with Crippen molar-refractivity contribution >= 4 is 46.2 Å². The third-order valence-electron chi connectivity index (χ3n) is 3.41. The third-order valence-corrected chi connectivity index (χ3v) is 4.58. The molecule has 7 heteroatoms. The van der Waals surface area contributed by atoms with Gasteiger partial charge >= 0.3 is 0 Å². The number of hydrogen-bond donors (Lipinski definition) is 1. The minimum atomic E-state index is -0.188. The van der Waals surface area contributed by atoms with E-state index >= 15 is 0 Å². The highest BCUT2D eigenvalue weighted by atomic mass is 35.5. The maximum atomic E-state index is 12.2. The second-order valence-electron chi connectivity index (χ2n) is 5.07. The van der Waals surface area contributed by atoms with Gasteiger partial charge in [0.05, 0.1) is 24.8 Å². The number of aliphatic imine (C=N–C) groups is 1. The Morgan fingerprint density at radius 1 is 1.08 bits per heavy atom. The number of carbonyl (C=O) groups is 1. The number of amidine groups is 1. The molecule has 1 heterocycles. The summed E-state index contributed by atoms with van der Waals surface area (Å²) >= 11 is 7.14. The van der Waals surface area contributed by atoms with E-state index in [1.54, 1.807) is 50.6 Å².